The van der Waals surface area contributed by atoms with Crippen molar-refractivity contribution in [1.29, 1.82) is 0 Å². The van der Waals surface area contributed by atoms with Gasteiger partial charge in [-0.1, -0.05) is 19.9 Å². The molecule has 3 N–H and O–H groups in total. The number of rotatable bonds is 5. The smallest absolute Gasteiger partial charge is 0.330 e. The molecule has 6 heteroatoms. The summed E-state index contributed by atoms with van der Waals surface area (Å²) >= 11 is 0. The van der Waals surface area contributed by atoms with E-state index in [4.69, 9.17) is 4.74 Å². The number of ether oxygens (including phenoxy) is 1. The molecule has 0 spiro atoms. The first kappa shape index (κ1) is 16.5. The molecule has 0 bridgehead atoms. The van der Waals surface area contributed by atoms with Crippen LogP contribution in [0.25, 0.3) is 10.9 Å². The van der Waals surface area contributed by atoms with Crippen LogP contribution in [0.4, 0.5) is 0 Å². The first-order valence-corrected chi connectivity index (χ1v) is 8.06. The topological polar surface area (TPSA) is 91.4 Å². The summed E-state index contributed by atoms with van der Waals surface area (Å²) < 4.78 is 5.61. The number of carboxylic acids is 1. The fourth-order valence-corrected chi connectivity index (χ4v) is 3.49. The second-order valence-corrected chi connectivity index (χ2v) is 6.81. The van der Waals surface area contributed by atoms with E-state index in [-0.39, 0.29) is 12.5 Å². The minimum absolute atomic E-state index is 0.190. The molecule has 1 aliphatic rings. The Morgan fingerprint density at radius 1 is 1.38 bits per heavy atom. The number of hydrogen-bond acceptors (Lipinski definition) is 3. The normalized spacial score (nSPS) is 25.2. The average Bonchev–Trinajstić information content (AvgIpc) is 3.00. The molecular formula is C18H22N2O4. The Kier molecular flexibility index (Phi) is 3.87. The van der Waals surface area contributed by atoms with Crippen LogP contribution in [-0.2, 0) is 9.53 Å². The van der Waals surface area contributed by atoms with Gasteiger partial charge in [0.1, 0.15) is 5.54 Å². The number of fused-ring (bicyclic) bond motifs is 1. The second kappa shape index (κ2) is 5.63. The average molecular weight is 330 g/mol. The predicted molar refractivity (Wildman–Crippen MR) is 89.9 cm³/mol. The summed E-state index contributed by atoms with van der Waals surface area (Å²) in [7, 11) is 0. The standard InChI is InChI=1S/C18H22N2O4/c1-4-24-14-10-18(16(22)23,17(14,2)3)20-15(21)12-6-5-11-7-8-19-13(11)9-12/h5-9,14,19H,4,10H2,1-3H3,(H,20,21)(H,22,23). The number of aromatic amines is 1. The van der Waals surface area contributed by atoms with Gasteiger partial charge in [0.25, 0.3) is 5.91 Å². The molecule has 2 aromatic rings. The van der Waals surface area contributed by atoms with Crippen molar-refractivity contribution in [3.05, 3.63) is 36.0 Å². The predicted octanol–water partition coefficient (Wildman–Crippen LogP) is 2.56. The molecule has 0 saturated heterocycles. The Morgan fingerprint density at radius 3 is 2.75 bits per heavy atom. The quantitative estimate of drug-likeness (QED) is 0.786. The van der Waals surface area contributed by atoms with E-state index in [0.717, 1.165) is 10.9 Å². The number of carbonyl (C=O) groups is 2. The summed E-state index contributed by atoms with van der Waals surface area (Å²) in [6.45, 7) is 6.03. The first-order valence-electron chi connectivity index (χ1n) is 8.06. The number of carboxylic acid groups (broad SMARTS) is 1. The number of amides is 1. The highest BCUT2D eigenvalue weighted by Crippen LogP contribution is 2.51. The summed E-state index contributed by atoms with van der Waals surface area (Å²) in [4.78, 5) is 27.6. The van der Waals surface area contributed by atoms with Gasteiger partial charge in [-0.3, -0.25) is 4.79 Å². The van der Waals surface area contributed by atoms with Crippen molar-refractivity contribution in [3.8, 4) is 0 Å². The Morgan fingerprint density at radius 2 is 2.12 bits per heavy atom. The third-order valence-electron chi connectivity index (χ3n) is 5.27. The molecule has 1 aliphatic carbocycles. The lowest BCUT2D eigenvalue weighted by molar-refractivity contribution is -0.190. The number of carbonyl (C=O) groups excluding carboxylic acids is 1. The molecule has 6 nitrogen and oxygen atoms in total. The molecule has 1 saturated carbocycles. The van der Waals surface area contributed by atoms with Crippen LogP contribution in [0.3, 0.4) is 0 Å². The van der Waals surface area contributed by atoms with Crippen LogP contribution in [0.15, 0.2) is 30.5 Å². The van der Waals surface area contributed by atoms with Gasteiger partial charge in [0.05, 0.1) is 6.10 Å². The van der Waals surface area contributed by atoms with Crippen LogP contribution in [-0.4, -0.2) is 40.2 Å². The third-order valence-corrected chi connectivity index (χ3v) is 5.27. The third kappa shape index (κ3) is 2.29. The summed E-state index contributed by atoms with van der Waals surface area (Å²) in [5.41, 5.74) is -0.747. The number of benzene rings is 1. The van der Waals surface area contributed by atoms with Crippen molar-refractivity contribution < 1.29 is 19.4 Å². The lowest BCUT2D eigenvalue weighted by Gasteiger charge is -2.58. The van der Waals surface area contributed by atoms with Gasteiger partial charge in [0, 0.05) is 35.7 Å². The van der Waals surface area contributed by atoms with E-state index in [0.29, 0.717) is 12.2 Å². The monoisotopic (exact) mass is 330 g/mol. The molecule has 24 heavy (non-hydrogen) atoms. The van der Waals surface area contributed by atoms with Crippen LogP contribution in [0.2, 0.25) is 0 Å². The number of hydrogen-bond donors (Lipinski definition) is 3. The summed E-state index contributed by atoms with van der Waals surface area (Å²) in [5.74, 6) is -1.42. The van der Waals surface area contributed by atoms with Gasteiger partial charge in [0.15, 0.2) is 0 Å². The lowest BCUT2D eigenvalue weighted by Crippen LogP contribution is -2.76. The van der Waals surface area contributed by atoms with Gasteiger partial charge in [-0.15, -0.1) is 0 Å². The van der Waals surface area contributed by atoms with Crippen molar-refractivity contribution >= 4 is 22.8 Å². The summed E-state index contributed by atoms with van der Waals surface area (Å²) in [6, 6.07) is 7.18. The summed E-state index contributed by atoms with van der Waals surface area (Å²) in [5, 5.41) is 13.5. The molecule has 1 aromatic heterocycles. The minimum atomic E-state index is -1.32. The lowest BCUT2D eigenvalue weighted by atomic mass is 9.54. The van der Waals surface area contributed by atoms with Crippen molar-refractivity contribution in [2.45, 2.75) is 38.8 Å². The maximum absolute atomic E-state index is 12.6. The van der Waals surface area contributed by atoms with Gasteiger partial charge in [0.2, 0.25) is 0 Å². The molecule has 0 radical (unpaired) electrons. The van der Waals surface area contributed by atoms with Gasteiger partial charge in [-0.2, -0.15) is 0 Å². The Bertz CT molecular complexity index is 795. The molecule has 128 valence electrons. The fourth-order valence-electron chi connectivity index (χ4n) is 3.49. The molecule has 1 heterocycles. The van der Waals surface area contributed by atoms with Crippen LogP contribution in [0.5, 0.6) is 0 Å². The van der Waals surface area contributed by atoms with Crippen molar-refractivity contribution in [2.75, 3.05) is 6.61 Å². The zero-order valence-electron chi connectivity index (χ0n) is 14.1. The number of nitrogens with one attached hydrogen (secondary N) is 2. The highest BCUT2D eigenvalue weighted by Gasteiger charge is 2.66. The maximum atomic E-state index is 12.6. The number of H-pyrrole nitrogens is 1. The van der Waals surface area contributed by atoms with E-state index in [9.17, 15) is 14.7 Å². The first-order chi connectivity index (χ1) is 11.3. The molecule has 1 aromatic carbocycles. The Hall–Kier alpha value is -2.34. The van der Waals surface area contributed by atoms with E-state index in [1.54, 1.807) is 18.3 Å². The highest BCUT2D eigenvalue weighted by atomic mass is 16.5. The molecule has 0 aliphatic heterocycles. The maximum Gasteiger partial charge on any atom is 0.330 e. The van der Waals surface area contributed by atoms with Crippen molar-refractivity contribution in [2.24, 2.45) is 5.41 Å². The van der Waals surface area contributed by atoms with Gasteiger partial charge in [-0.25, -0.2) is 4.79 Å². The number of aliphatic carboxylic acids is 1. The Labute approximate surface area is 140 Å². The van der Waals surface area contributed by atoms with Crippen LogP contribution in [0.1, 0.15) is 37.6 Å². The highest BCUT2D eigenvalue weighted by molar-refractivity contribution is 6.01. The van der Waals surface area contributed by atoms with Crippen molar-refractivity contribution in [3.63, 3.8) is 0 Å². The van der Waals surface area contributed by atoms with Crippen molar-refractivity contribution in [1.82, 2.24) is 10.3 Å². The van der Waals surface area contributed by atoms with Gasteiger partial charge < -0.3 is 20.1 Å². The fraction of sp³-hybridized carbons (Fsp3) is 0.444. The molecule has 1 fully saturated rings. The molecule has 2 atom stereocenters. The van der Waals surface area contributed by atoms with Crippen LogP contribution < -0.4 is 5.32 Å². The van der Waals surface area contributed by atoms with Crippen LogP contribution >= 0.6 is 0 Å². The second-order valence-electron chi connectivity index (χ2n) is 6.81. The van der Waals surface area contributed by atoms with E-state index in [1.807, 2.05) is 32.9 Å². The zero-order valence-corrected chi connectivity index (χ0v) is 14.1. The van der Waals surface area contributed by atoms with Gasteiger partial charge >= 0.3 is 5.97 Å². The molecule has 1 amide bonds. The molecular weight excluding hydrogens is 308 g/mol. The van der Waals surface area contributed by atoms with E-state index in [1.165, 1.54) is 0 Å². The Balaban J connectivity index is 1.86. The van der Waals surface area contributed by atoms with E-state index in [2.05, 4.69) is 10.3 Å². The number of aromatic nitrogens is 1. The van der Waals surface area contributed by atoms with E-state index < -0.39 is 22.8 Å². The van der Waals surface area contributed by atoms with Crippen LogP contribution in [0, 0.1) is 5.41 Å². The molecule has 2 unspecified atom stereocenters. The molecule has 3 rings (SSSR count). The summed E-state index contributed by atoms with van der Waals surface area (Å²) in [6.07, 6.45) is 1.87. The van der Waals surface area contributed by atoms with Gasteiger partial charge in [-0.05, 0) is 30.5 Å². The van der Waals surface area contributed by atoms with E-state index >= 15 is 0 Å². The largest absolute Gasteiger partial charge is 0.479 e. The minimum Gasteiger partial charge on any atom is -0.479 e. The SMILES string of the molecule is CCOC1CC(NC(=O)c2ccc3cc[nH]c3c2)(C(=O)O)C1(C)C. The zero-order chi connectivity index (χ0) is 17.5.